The molecule has 17 heavy (non-hydrogen) atoms. The van der Waals surface area contributed by atoms with Crippen LogP contribution in [0.5, 0.6) is 0 Å². The molecule has 1 aromatic heterocycles. The van der Waals surface area contributed by atoms with Gasteiger partial charge in [-0.25, -0.2) is 4.98 Å². The smallest absolute Gasteiger partial charge is 0.168 e. The van der Waals surface area contributed by atoms with Crippen molar-refractivity contribution in [2.24, 2.45) is 0 Å². The van der Waals surface area contributed by atoms with Gasteiger partial charge in [0, 0.05) is 6.20 Å². The van der Waals surface area contributed by atoms with Crippen LogP contribution in [0.4, 0.5) is 0 Å². The Kier molecular flexibility index (Phi) is 4.39. The van der Waals surface area contributed by atoms with Gasteiger partial charge in [0.25, 0.3) is 0 Å². The molecule has 4 heteroatoms. The van der Waals surface area contributed by atoms with Crippen molar-refractivity contribution in [1.29, 1.82) is 0 Å². The van der Waals surface area contributed by atoms with Crippen molar-refractivity contribution in [2.75, 3.05) is 0 Å². The van der Waals surface area contributed by atoms with Crippen LogP contribution in [0.15, 0.2) is 12.3 Å². The highest BCUT2D eigenvalue weighted by molar-refractivity contribution is 6.32. The van der Waals surface area contributed by atoms with Crippen molar-refractivity contribution in [3.05, 3.63) is 28.5 Å². The van der Waals surface area contributed by atoms with Gasteiger partial charge in [0.15, 0.2) is 9.76 Å². The summed E-state index contributed by atoms with van der Waals surface area (Å²) >= 11 is 6.05. The minimum absolute atomic E-state index is 0.282. The lowest BCUT2D eigenvalue weighted by Gasteiger charge is -2.31. The summed E-state index contributed by atoms with van der Waals surface area (Å²) in [5, 5.41) is 0.860. The SMILES string of the molecule is Cc1c(C(C)(C)O[SiH2]C(C)(C)C)ccnc1Cl. The summed E-state index contributed by atoms with van der Waals surface area (Å²) in [4.78, 5) is 4.08. The summed E-state index contributed by atoms with van der Waals surface area (Å²) in [5.74, 6) is 0. The van der Waals surface area contributed by atoms with Gasteiger partial charge in [-0.15, -0.1) is 0 Å². The zero-order chi connectivity index (χ0) is 13.3. The minimum atomic E-state index is -0.590. The molecule has 0 aliphatic rings. The second-order valence-electron chi connectivity index (χ2n) is 6.13. The maximum absolute atomic E-state index is 6.17. The molecule has 0 unspecified atom stereocenters. The van der Waals surface area contributed by atoms with Gasteiger partial charge in [0.1, 0.15) is 5.15 Å². The highest BCUT2D eigenvalue weighted by Crippen LogP contribution is 2.32. The molecule has 0 fully saturated rings. The third kappa shape index (κ3) is 4.09. The van der Waals surface area contributed by atoms with Gasteiger partial charge < -0.3 is 4.43 Å². The van der Waals surface area contributed by atoms with Crippen molar-refractivity contribution in [1.82, 2.24) is 4.98 Å². The Morgan fingerprint density at radius 3 is 2.35 bits per heavy atom. The van der Waals surface area contributed by atoms with Crippen LogP contribution in [0, 0.1) is 6.92 Å². The number of rotatable bonds is 3. The Morgan fingerprint density at radius 1 is 1.24 bits per heavy atom. The van der Waals surface area contributed by atoms with Crippen LogP contribution >= 0.6 is 11.6 Å². The third-order valence-electron chi connectivity index (χ3n) is 2.66. The van der Waals surface area contributed by atoms with E-state index in [0.717, 1.165) is 11.1 Å². The quantitative estimate of drug-likeness (QED) is 0.619. The van der Waals surface area contributed by atoms with Crippen LogP contribution in [0.2, 0.25) is 10.2 Å². The summed E-state index contributed by atoms with van der Waals surface area (Å²) in [5.41, 5.74) is 1.87. The van der Waals surface area contributed by atoms with Crippen LogP contribution < -0.4 is 0 Å². The molecule has 2 nitrogen and oxygen atoms in total. The zero-order valence-electron chi connectivity index (χ0n) is 11.6. The van der Waals surface area contributed by atoms with Gasteiger partial charge in [-0.2, -0.15) is 0 Å². The first kappa shape index (κ1) is 14.7. The van der Waals surface area contributed by atoms with E-state index in [1.165, 1.54) is 0 Å². The van der Waals surface area contributed by atoms with E-state index < -0.39 is 9.76 Å². The van der Waals surface area contributed by atoms with Gasteiger partial charge in [-0.05, 0) is 43.0 Å². The lowest BCUT2D eigenvalue weighted by molar-refractivity contribution is 0.108. The molecule has 0 spiro atoms. The molecular formula is C13H22ClNOSi. The Labute approximate surface area is 112 Å². The van der Waals surface area contributed by atoms with Crippen LogP contribution in [-0.4, -0.2) is 14.7 Å². The van der Waals surface area contributed by atoms with E-state index >= 15 is 0 Å². The Balaban J connectivity index is 2.93. The lowest BCUT2D eigenvalue weighted by Crippen LogP contribution is -2.28. The molecule has 0 aliphatic carbocycles. The standard InChI is InChI=1S/C13H22ClNOSi/c1-9-10(7-8-15-11(9)14)13(5,6)16-17-12(2,3)4/h7-8H,17H2,1-6H3. The van der Waals surface area contributed by atoms with E-state index in [4.69, 9.17) is 16.0 Å². The molecule has 0 saturated heterocycles. The van der Waals surface area contributed by atoms with E-state index in [0.29, 0.717) is 10.2 Å². The first-order chi connectivity index (χ1) is 7.63. The number of nitrogens with zero attached hydrogens (tertiary/aromatic N) is 1. The third-order valence-corrected chi connectivity index (χ3v) is 4.77. The van der Waals surface area contributed by atoms with E-state index in [2.05, 4.69) is 39.6 Å². The van der Waals surface area contributed by atoms with Crippen molar-refractivity contribution >= 4 is 21.4 Å². The molecule has 96 valence electrons. The summed E-state index contributed by atoms with van der Waals surface area (Å²) in [6, 6.07) is 2.00. The predicted molar refractivity (Wildman–Crippen MR) is 76.4 cm³/mol. The van der Waals surface area contributed by atoms with E-state index in [-0.39, 0.29) is 5.60 Å². The average Bonchev–Trinajstić information content (AvgIpc) is 2.18. The summed E-state index contributed by atoms with van der Waals surface area (Å²) in [7, 11) is -0.590. The molecule has 0 bridgehead atoms. The molecule has 1 heterocycles. The second kappa shape index (κ2) is 5.08. The van der Waals surface area contributed by atoms with Gasteiger partial charge in [-0.3, -0.25) is 0 Å². The lowest BCUT2D eigenvalue weighted by atomic mass is 9.96. The normalized spacial score (nSPS) is 13.6. The average molecular weight is 272 g/mol. The van der Waals surface area contributed by atoms with Crippen LogP contribution in [0.3, 0.4) is 0 Å². The highest BCUT2D eigenvalue weighted by Gasteiger charge is 2.26. The molecule has 0 atom stereocenters. The maximum atomic E-state index is 6.17. The number of pyridine rings is 1. The summed E-state index contributed by atoms with van der Waals surface area (Å²) < 4.78 is 6.17. The molecule has 0 aliphatic heterocycles. The summed E-state index contributed by atoms with van der Waals surface area (Å²) in [6.45, 7) is 12.9. The van der Waals surface area contributed by atoms with Gasteiger partial charge in [-0.1, -0.05) is 32.4 Å². The Hall–Kier alpha value is -0.383. The number of aromatic nitrogens is 1. The van der Waals surface area contributed by atoms with Crippen LogP contribution in [-0.2, 0) is 10.0 Å². The predicted octanol–water partition coefficient (Wildman–Crippen LogP) is 3.60. The zero-order valence-corrected chi connectivity index (χ0v) is 13.8. The van der Waals surface area contributed by atoms with E-state index in [9.17, 15) is 0 Å². The van der Waals surface area contributed by atoms with E-state index in [1.807, 2.05) is 13.0 Å². The molecular weight excluding hydrogens is 250 g/mol. The van der Waals surface area contributed by atoms with Crippen molar-refractivity contribution in [3.63, 3.8) is 0 Å². The Bertz CT molecular complexity index is 399. The fraction of sp³-hybridized carbons (Fsp3) is 0.615. The van der Waals surface area contributed by atoms with Crippen LogP contribution in [0.25, 0.3) is 0 Å². The van der Waals surface area contributed by atoms with Gasteiger partial charge in [0.05, 0.1) is 5.60 Å². The fourth-order valence-electron chi connectivity index (χ4n) is 1.64. The minimum Gasteiger partial charge on any atom is -0.415 e. The maximum Gasteiger partial charge on any atom is 0.168 e. The van der Waals surface area contributed by atoms with Gasteiger partial charge in [0.2, 0.25) is 0 Å². The molecule has 1 rings (SSSR count). The number of halogens is 1. The largest absolute Gasteiger partial charge is 0.415 e. The number of hydrogen-bond acceptors (Lipinski definition) is 2. The van der Waals surface area contributed by atoms with Crippen molar-refractivity contribution in [2.45, 2.75) is 52.2 Å². The molecule has 0 radical (unpaired) electrons. The first-order valence-electron chi connectivity index (χ1n) is 5.89. The molecule has 0 amide bonds. The Morgan fingerprint density at radius 2 is 1.82 bits per heavy atom. The van der Waals surface area contributed by atoms with Crippen molar-refractivity contribution < 1.29 is 4.43 Å². The molecule has 0 N–H and O–H groups in total. The monoisotopic (exact) mass is 271 g/mol. The molecule has 1 aromatic rings. The fourth-order valence-corrected chi connectivity index (χ4v) is 2.74. The van der Waals surface area contributed by atoms with E-state index in [1.54, 1.807) is 6.20 Å². The topological polar surface area (TPSA) is 22.1 Å². The summed E-state index contributed by atoms with van der Waals surface area (Å²) in [6.07, 6.45) is 1.74. The van der Waals surface area contributed by atoms with Crippen LogP contribution in [0.1, 0.15) is 45.7 Å². The van der Waals surface area contributed by atoms with Gasteiger partial charge >= 0.3 is 0 Å². The molecule has 0 aromatic carbocycles. The van der Waals surface area contributed by atoms with Crippen molar-refractivity contribution in [3.8, 4) is 0 Å². The number of hydrogen-bond donors (Lipinski definition) is 0. The highest BCUT2D eigenvalue weighted by atomic mass is 35.5. The second-order valence-corrected chi connectivity index (χ2v) is 9.19. The first-order valence-corrected chi connectivity index (χ1v) is 7.55. The molecule has 0 saturated carbocycles.